The van der Waals surface area contributed by atoms with Crippen LogP contribution in [-0.4, -0.2) is 22.4 Å². The van der Waals surface area contributed by atoms with Gasteiger partial charge in [0.25, 0.3) is 0 Å². The zero-order valence-corrected chi connectivity index (χ0v) is 8.83. The largest absolute Gasteiger partial charge is 0.302 e. The molecule has 1 atom stereocenters. The second-order valence-corrected chi connectivity index (χ2v) is 3.39. The number of aromatic nitrogens is 2. The lowest BCUT2D eigenvalue weighted by Gasteiger charge is -2.08. The highest BCUT2D eigenvalue weighted by Crippen LogP contribution is 2.05. The molecule has 4 nitrogen and oxygen atoms in total. The van der Waals surface area contributed by atoms with E-state index in [-0.39, 0.29) is 6.04 Å². The molecular weight excluding hydrogens is 200 g/mol. The quantitative estimate of drug-likeness (QED) is 0.804. The molecule has 0 bridgehead atoms. The van der Waals surface area contributed by atoms with Gasteiger partial charge >= 0.3 is 0 Å². The minimum Gasteiger partial charge on any atom is -0.302 e. The molecule has 0 aliphatic carbocycles. The van der Waals surface area contributed by atoms with E-state index >= 15 is 0 Å². The first-order valence-electron chi connectivity index (χ1n) is 4.57. The zero-order chi connectivity index (χ0) is 10.4. The monoisotopic (exact) mass is 212 g/mol. The maximum atomic E-state index is 8.77. The number of nitrogens with one attached hydrogen (secondary N) is 1. The van der Waals surface area contributed by atoms with Crippen molar-refractivity contribution in [2.45, 2.75) is 25.9 Å². The van der Waals surface area contributed by atoms with E-state index in [2.05, 4.69) is 16.5 Å². The summed E-state index contributed by atoms with van der Waals surface area (Å²) in [4.78, 5) is 0. The third-order valence-corrected chi connectivity index (χ3v) is 2.05. The van der Waals surface area contributed by atoms with Gasteiger partial charge in [0.15, 0.2) is 0 Å². The average molecular weight is 213 g/mol. The third-order valence-electron chi connectivity index (χ3n) is 1.85. The van der Waals surface area contributed by atoms with Gasteiger partial charge in [-0.05, 0) is 13.0 Å². The van der Waals surface area contributed by atoms with Gasteiger partial charge in [0.2, 0.25) is 0 Å². The fourth-order valence-corrected chi connectivity index (χ4v) is 1.34. The molecule has 0 radical (unpaired) electrons. The molecule has 0 aliphatic rings. The van der Waals surface area contributed by atoms with Crippen LogP contribution >= 0.6 is 11.6 Å². The van der Waals surface area contributed by atoms with Crippen molar-refractivity contribution in [2.24, 2.45) is 0 Å². The maximum absolute atomic E-state index is 8.77. The molecule has 0 aromatic carbocycles. The molecule has 1 rings (SSSR count). The first-order chi connectivity index (χ1) is 6.76. The van der Waals surface area contributed by atoms with E-state index in [1.165, 1.54) is 0 Å². The molecule has 14 heavy (non-hydrogen) atoms. The Kier molecular flexibility index (Phi) is 4.44. The van der Waals surface area contributed by atoms with E-state index in [1.54, 1.807) is 17.1 Å². The van der Waals surface area contributed by atoms with Crippen LogP contribution in [0.2, 0.25) is 5.02 Å². The van der Waals surface area contributed by atoms with E-state index in [4.69, 9.17) is 16.9 Å². The van der Waals surface area contributed by atoms with Crippen molar-refractivity contribution >= 4 is 11.6 Å². The summed E-state index contributed by atoms with van der Waals surface area (Å²) in [6, 6.07) is 2.09. The lowest BCUT2D eigenvalue weighted by atomic mass is 10.2. The Morgan fingerprint density at radius 2 is 2.57 bits per heavy atom. The number of rotatable bonds is 5. The molecule has 5 heteroatoms. The standard InChI is InChI=1S/C9H13ClN4/c1-2-12-9(5-11)3-4-14-7-8(10)6-13-14/h6-7,9,12H,2-4H2,1H3. The van der Waals surface area contributed by atoms with Crippen LogP contribution in [0.1, 0.15) is 13.3 Å². The molecule has 0 amide bonds. The number of halogens is 1. The number of nitrogens with zero attached hydrogens (tertiary/aromatic N) is 3. The molecule has 0 saturated heterocycles. The summed E-state index contributed by atoms with van der Waals surface area (Å²) in [5, 5.41) is 16.5. The van der Waals surface area contributed by atoms with Crippen molar-refractivity contribution in [3.8, 4) is 6.07 Å². The number of aryl methyl sites for hydroxylation is 1. The molecule has 1 aromatic rings. The second-order valence-electron chi connectivity index (χ2n) is 2.95. The van der Waals surface area contributed by atoms with Gasteiger partial charge in [-0.2, -0.15) is 10.4 Å². The van der Waals surface area contributed by atoms with Gasteiger partial charge in [0.1, 0.15) is 0 Å². The number of hydrogen-bond donors (Lipinski definition) is 1. The van der Waals surface area contributed by atoms with Crippen LogP contribution in [0.4, 0.5) is 0 Å². The van der Waals surface area contributed by atoms with E-state index in [0.717, 1.165) is 13.0 Å². The second kappa shape index (κ2) is 5.63. The van der Waals surface area contributed by atoms with E-state index in [9.17, 15) is 0 Å². The van der Waals surface area contributed by atoms with Crippen molar-refractivity contribution in [3.63, 3.8) is 0 Å². The Morgan fingerprint density at radius 1 is 1.79 bits per heavy atom. The molecule has 0 aliphatic heterocycles. The van der Waals surface area contributed by atoms with Gasteiger partial charge in [-0.25, -0.2) is 0 Å². The SMILES string of the molecule is CCNC(C#N)CCn1cc(Cl)cn1. The van der Waals surface area contributed by atoms with Crippen LogP contribution < -0.4 is 5.32 Å². The Balaban J connectivity index is 2.36. The molecule has 0 saturated carbocycles. The van der Waals surface area contributed by atoms with Crippen molar-refractivity contribution in [3.05, 3.63) is 17.4 Å². The van der Waals surface area contributed by atoms with Crippen LogP contribution in [0.15, 0.2) is 12.4 Å². The Hall–Kier alpha value is -1.05. The predicted octanol–water partition coefficient (Wildman–Crippen LogP) is 1.43. The topological polar surface area (TPSA) is 53.6 Å². The summed E-state index contributed by atoms with van der Waals surface area (Å²) in [6.45, 7) is 3.49. The van der Waals surface area contributed by atoms with Crippen molar-refractivity contribution in [1.29, 1.82) is 5.26 Å². The van der Waals surface area contributed by atoms with Gasteiger partial charge in [0, 0.05) is 12.7 Å². The molecule has 76 valence electrons. The Labute approximate surface area is 88.5 Å². The minimum absolute atomic E-state index is 0.108. The van der Waals surface area contributed by atoms with Gasteiger partial charge in [-0.1, -0.05) is 18.5 Å². The van der Waals surface area contributed by atoms with Crippen LogP contribution in [0.3, 0.4) is 0 Å². The number of hydrogen-bond acceptors (Lipinski definition) is 3. The molecule has 1 N–H and O–H groups in total. The van der Waals surface area contributed by atoms with Gasteiger partial charge in [0.05, 0.1) is 23.3 Å². The van der Waals surface area contributed by atoms with Crippen molar-refractivity contribution in [2.75, 3.05) is 6.54 Å². The summed E-state index contributed by atoms with van der Waals surface area (Å²) in [7, 11) is 0. The Bertz CT molecular complexity index is 315. The highest BCUT2D eigenvalue weighted by molar-refractivity contribution is 6.30. The fourth-order valence-electron chi connectivity index (χ4n) is 1.18. The highest BCUT2D eigenvalue weighted by atomic mass is 35.5. The Morgan fingerprint density at radius 3 is 3.07 bits per heavy atom. The molecule has 1 heterocycles. The summed E-state index contributed by atoms with van der Waals surface area (Å²) < 4.78 is 1.74. The summed E-state index contributed by atoms with van der Waals surface area (Å²) >= 11 is 5.71. The molecule has 0 fully saturated rings. The lowest BCUT2D eigenvalue weighted by molar-refractivity contribution is 0.502. The summed E-state index contributed by atoms with van der Waals surface area (Å²) in [6.07, 6.45) is 4.08. The van der Waals surface area contributed by atoms with E-state index in [1.807, 2.05) is 6.92 Å². The molecule has 0 spiro atoms. The summed E-state index contributed by atoms with van der Waals surface area (Å²) in [5.74, 6) is 0. The maximum Gasteiger partial charge on any atom is 0.0970 e. The van der Waals surface area contributed by atoms with Crippen LogP contribution in [0.5, 0.6) is 0 Å². The fraction of sp³-hybridized carbons (Fsp3) is 0.556. The van der Waals surface area contributed by atoms with Gasteiger partial charge < -0.3 is 5.32 Å². The first kappa shape index (κ1) is 11.0. The highest BCUT2D eigenvalue weighted by Gasteiger charge is 2.05. The molecule has 1 unspecified atom stereocenters. The minimum atomic E-state index is -0.108. The van der Waals surface area contributed by atoms with E-state index in [0.29, 0.717) is 11.6 Å². The van der Waals surface area contributed by atoms with Gasteiger partial charge in [-0.3, -0.25) is 4.68 Å². The normalized spacial score (nSPS) is 12.4. The van der Waals surface area contributed by atoms with Crippen molar-refractivity contribution in [1.82, 2.24) is 15.1 Å². The predicted molar refractivity (Wildman–Crippen MR) is 54.9 cm³/mol. The third kappa shape index (κ3) is 3.36. The van der Waals surface area contributed by atoms with Crippen LogP contribution in [-0.2, 0) is 6.54 Å². The smallest absolute Gasteiger partial charge is 0.0970 e. The molecular formula is C9H13ClN4. The lowest BCUT2D eigenvalue weighted by Crippen LogP contribution is -2.28. The number of nitriles is 1. The van der Waals surface area contributed by atoms with Crippen molar-refractivity contribution < 1.29 is 0 Å². The summed E-state index contributed by atoms with van der Waals surface area (Å²) in [5.41, 5.74) is 0. The van der Waals surface area contributed by atoms with Gasteiger partial charge in [-0.15, -0.1) is 0 Å². The molecule has 1 aromatic heterocycles. The first-order valence-corrected chi connectivity index (χ1v) is 4.95. The zero-order valence-electron chi connectivity index (χ0n) is 8.07. The van der Waals surface area contributed by atoms with Crippen LogP contribution in [0.25, 0.3) is 0 Å². The van der Waals surface area contributed by atoms with Crippen LogP contribution in [0, 0.1) is 11.3 Å². The average Bonchev–Trinajstić information content (AvgIpc) is 2.59. The van der Waals surface area contributed by atoms with E-state index < -0.39 is 0 Å².